The first-order valence-corrected chi connectivity index (χ1v) is 8.10. The molecule has 1 unspecified atom stereocenters. The summed E-state index contributed by atoms with van der Waals surface area (Å²) in [6, 6.07) is 8.54. The summed E-state index contributed by atoms with van der Waals surface area (Å²) in [5.74, 6) is 1.08. The van der Waals surface area contributed by atoms with Crippen molar-refractivity contribution in [3.63, 3.8) is 0 Å². The van der Waals surface area contributed by atoms with Crippen LogP contribution in [0.2, 0.25) is 0 Å². The molecule has 4 nitrogen and oxygen atoms in total. The molecule has 0 radical (unpaired) electrons. The van der Waals surface area contributed by atoms with Gasteiger partial charge in [-0.05, 0) is 32.9 Å². The molecule has 1 N–H and O–H groups in total. The van der Waals surface area contributed by atoms with Gasteiger partial charge in [-0.2, -0.15) is 0 Å². The van der Waals surface area contributed by atoms with E-state index in [-0.39, 0.29) is 6.04 Å². The van der Waals surface area contributed by atoms with Crippen molar-refractivity contribution in [3.8, 4) is 0 Å². The molecule has 1 aromatic carbocycles. The van der Waals surface area contributed by atoms with Crippen LogP contribution < -0.4 is 5.32 Å². The minimum atomic E-state index is 0.244. The highest BCUT2D eigenvalue weighted by Gasteiger charge is 2.12. The lowest BCUT2D eigenvalue weighted by Gasteiger charge is -2.12. The Morgan fingerprint density at radius 2 is 2.14 bits per heavy atom. The fraction of sp³-hybridized carbons (Fsp3) is 0.375. The van der Waals surface area contributed by atoms with Crippen LogP contribution in [0.3, 0.4) is 0 Å². The summed E-state index contributed by atoms with van der Waals surface area (Å²) >= 11 is 1.75. The number of hydrogen-bond donors (Lipinski definition) is 1. The monoisotopic (exact) mass is 300 g/mol. The average molecular weight is 300 g/mol. The quantitative estimate of drug-likeness (QED) is 0.781. The Labute approximate surface area is 128 Å². The van der Waals surface area contributed by atoms with E-state index in [2.05, 4.69) is 53.8 Å². The molecule has 0 aliphatic carbocycles. The van der Waals surface area contributed by atoms with E-state index in [0.29, 0.717) is 0 Å². The van der Waals surface area contributed by atoms with Gasteiger partial charge in [0.05, 0.1) is 23.6 Å². The summed E-state index contributed by atoms with van der Waals surface area (Å²) in [7, 11) is 0. The van der Waals surface area contributed by atoms with Gasteiger partial charge in [0.1, 0.15) is 10.8 Å². The van der Waals surface area contributed by atoms with E-state index in [1.54, 1.807) is 11.3 Å². The number of fused-ring (bicyclic) bond motifs is 1. The lowest BCUT2D eigenvalue weighted by molar-refractivity contribution is 0.541. The number of aromatic nitrogens is 3. The van der Waals surface area contributed by atoms with Crippen LogP contribution in [0.25, 0.3) is 11.0 Å². The van der Waals surface area contributed by atoms with Crippen LogP contribution in [-0.4, -0.2) is 14.5 Å². The largest absolute Gasteiger partial charge is 0.327 e. The van der Waals surface area contributed by atoms with E-state index in [0.717, 1.165) is 29.4 Å². The van der Waals surface area contributed by atoms with Crippen LogP contribution in [0.15, 0.2) is 30.5 Å². The standard InChI is InChI=1S/C16H20N4S/c1-4-20-14-8-6-5-7-13(14)19-15(20)10-17-12(3)16-18-9-11(2)21-16/h5-9,12,17H,4,10H2,1-3H3. The third-order valence-electron chi connectivity index (χ3n) is 3.63. The molecule has 3 aromatic rings. The summed E-state index contributed by atoms with van der Waals surface area (Å²) in [5, 5.41) is 4.66. The molecule has 0 saturated carbocycles. The molecule has 110 valence electrons. The van der Waals surface area contributed by atoms with Gasteiger partial charge in [-0.25, -0.2) is 9.97 Å². The fourth-order valence-electron chi connectivity index (χ4n) is 2.52. The van der Waals surface area contributed by atoms with Crippen molar-refractivity contribution in [2.75, 3.05) is 0 Å². The normalized spacial score (nSPS) is 12.9. The van der Waals surface area contributed by atoms with Crippen molar-refractivity contribution in [1.82, 2.24) is 19.9 Å². The van der Waals surface area contributed by atoms with Crippen LogP contribution in [0.1, 0.15) is 35.6 Å². The molecule has 0 aliphatic heterocycles. The summed E-state index contributed by atoms with van der Waals surface area (Å²) in [6.07, 6.45) is 1.93. The van der Waals surface area contributed by atoms with Crippen LogP contribution >= 0.6 is 11.3 Å². The van der Waals surface area contributed by atoms with Crippen molar-refractivity contribution in [2.24, 2.45) is 0 Å². The zero-order valence-electron chi connectivity index (χ0n) is 12.6. The molecule has 0 bridgehead atoms. The first-order chi connectivity index (χ1) is 10.2. The maximum Gasteiger partial charge on any atom is 0.123 e. The van der Waals surface area contributed by atoms with E-state index in [4.69, 9.17) is 4.98 Å². The second-order valence-electron chi connectivity index (χ2n) is 5.17. The van der Waals surface area contributed by atoms with Crippen molar-refractivity contribution >= 4 is 22.4 Å². The maximum absolute atomic E-state index is 4.74. The molecule has 0 aliphatic rings. The third kappa shape index (κ3) is 2.84. The number of benzene rings is 1. The topological polar surface area (TPSA) is 42.7 Å². The number of imidazole rings is 1. The highest BCUT2D eigenvalue weighted by atomic mass is 32.1. The summed E-state index contributed by atoms with van der Waals surface area (Å²) < 4.78 is 2.27. The first-order valence-electron chi connectivity index (χ1n) is 7.29. The number of para-hydroxylation sites is 2. The van der Waals surface area contributed by atoms with E-state index in [9.17, 15) is 0 Å². The highest BCUT2D eigenvalue weighted by Crippen LogP contribution is 2.20. The minimum Gasteiger partial charge on any atom is -0.327 e. The van der Waals surface area contributed by atoms with Crippen LogP contribution in [0, 0.1) is 6.92 Å². The molecule has 0 spiro atoms. The Bertz CT molecular complexity index is 744. The van der Waals surface area contributed by atoms with Gasteiger partial charge in [-0.1, -0.05) is 12.1 Å². The molecule has 21 heavy (non-hydrogen) atoms. The predicted octanol–water partition coefficient (Wildman–Crippen LogP) is 3.67. The van der Waals surface area contributed by atoms with Gasteiger partial charge in [0.25, 0.3) is 0 Å². The Hall–Kier alpha value is -1.72. The number of thiazole rings is 1. The maximum atomic E-state index is 4.74. The molecule has 2 aromatic heterocycles. The summed E-state index contributed by atoms with van der Waals surface area (Å²) in [4.78, 5) is 10.4. The Kier molecular flexibility index (Phi) is 4.03. The second kappa shape index (κ2) is 5.95. The first kappa shape index (κ1) is 14.2. The molecule has 1 atom stereocenters. The molecule has 2 heterocycles. The van der Waals surface area contributed by atoms with Gasteiger partial charge >= 0.3 is 0 Å². The van der Waals surface area contributed by atoms with Crippen molar-refractivity contribution < 1.29 is 0 Å². The third-order valence-corrected chi connectivity index (χ3v) is 4.72. The zero-order valence-corrected chi connectivity index (χ0v) is 13.4. The van der Waals surface area contributed by atoms with Crippen LogP contribution in [0.4, 0.5) is 0 Å². The lowest BCUT2D eigenvalue weighted by Crippen LogP contribution is -2.20. The molecular weight excluding hydrogens is 280 g/mol. The Morgan fingerprint density at radius 3 is 2.86 bits per heavy atom. The van der Waals surface area contributed by atoms with Gasteiger partial charge in [0, 0.05) is 17.6 Å². The summed E-state index contributed by atoms with van der Waals surface area (Å²) in [6.45, 7) is 8.08. The van der Waals surface area contributed by atoms with E-state index in [1.807, 2.05) is 12.3 Å². The predicted molar refractivity (Wildman–Crippen MR) is 87.5 cm³/mol. The molecule has 5 heteroatoms. The van der Waals surface area contributed by atoms with Gasteiger partial charge in [0.15, 0.2) is 0 Å². The number of rotatable bonds is 5. The SMILES string of the molecule is CCn1c(CNC(C)c2ncc(C)s2)nc2ccccc21. The van der Waals surface area contributed by atoms with Crippen molar-refractivity contribution in [3.05, 3.63) is 46.2 Å². The average Bonchev–Trinajstić information content (AvgIpc) is 3.07. The van der Waals surface area contributed by atoms with E-state index in [1.165, 1.54) is 10.4 Å². The van der Waals surface area contributed by atoms with Crippen LogP contribution in [-0.2, 0) is 13.1 Å². The fourth-order valence-corrected chi connectivity index (χ4v) is 3.32. The lowest BCUT2D eigenvalue weighted by atomic mass is 10.3. The molecule has 3 rings (SSSR count). The molecular formula is C16H20N4S. The van der Waals surface area contributed by atoms with Crippen molar-refractivity contribution in [2.45, 2.75) is 39.9 Å². The van der Waals surface area contributed by atoms with Gasteiger partial charge in [-0.15, -0.1) is 11.3 Å². The van der Waals surface area contributed by atoms with E-state index < -0.39 is 0 Å². The Morgan fingerprint density at radius 1 is 1.33 bits per heavy atom. The number of nitrogens with one attached hydrogen (secondary N) is 1. The zero-order chi connectivity index (χ0) is 14.8. The number of aryl methyl sites for hydroxylation is 2. The Balaban J connectivity index is 1.78. The van der Waals surface area contributed by atoms with Gasteiger partial charge in [-0.3, -0.25) is 0 Å². The number of nitrogens with zero attached hydrogens (tertiary/aromatic N) is 3. The highest BCUT2D eigenvalue weighted by molar-refractivity contribution is 7.11. The van der Waals surface area contributed by atoms with Crippen molar-refractivity contribution in [1.29, 1.82) is 0 Å². The smallest absolute Gasteiger partial charge is 0.123 e. The van der Waals surface area contributed by atoms with Gasteiger partial charge < -0.3 is 9.88 Å². The minimum absolute atomic E-state index is 0.244. The number of hydrogen-bond acceptors (Lipinski definition) is 4. The second-order valence-corrected chi connectivity index (χ2v) is 6.44. The summed E-state index contributed by atoms with van der Waals surface area (Å²) in [5.41, 5.74) is 2.27. The molecule has 0 fully saturated rings. The van der Waals surface area contributed by atoms with E-state index >= 15 is 0 Å². The molecule has 0 saturated heterocycles. The van der Waals surface area contributed by atoms with Gasteiger partial charge in [0.2, 0.25) is 0 Å². The molecule has 0 amide bonds. The van der Waals surface area contributed by atoms with Crippen LogP contribution in [0.5, 0.6) is 0 Å².